The molecule has 0 saturated heterocycles. The zero-order chi connectivity index (χ0) is 0. The Labute approximate surface area is 66.2 Å². The molecule has 0 aliphatic carbocycles. The molecule has 0 aromatic carbocycles. The van der Waals surface area contributed by atoms with E-state index >= 15 is 0 Å². The summed E-state index contributed by atoms with van der Waals surface area (Å²) in [5.74, 6) is 0. The minimum absolute atomic E-state index is 0. The normalized spacial score (nSPS) is 0. The van der Waals surface area contributed by atoms with Crippen LogP contribution in [0.2, 0.25) is 0 Å². The van der Waals surface area contributed by atoms with Gasteiger partial charge in [0.15, 0.2) is 0 Å². The van der Waals surface area contributed by atoms with Crippen molar-refractivity contribution in [3.05, 3.63) is 0 Å². The maximum Gasteiger partial charge on any atom is 4.00 e. The molecular weight excluding hydrogens is 211 g/mol. The Bertz CT molecular complexity index is 6.00. The largest absolute Gasteiger partial charge is 4.00 e. The molecule has 0 nitrogen and oxygen atoms in total. The van der Waals surface area contributed by atoms with Crippen LogP contribution in [0.15, 0.2) is 0 Å². The van der Waals surface area contributed by atoms with Crippen LogP contribution < -0.4 is 0 Å². The molecule has 0 aromatic rings. The molecule has 1 radical (unpaired) electrons. The Morgan fingerprint density at radius 2 is 0.750 bits per heavy atom. The third kappa shape index (κ3) is 9.02. The Kier molecular flexibility index (Phi) is 191. The van der Waals surface area contributed by atoms with Crippen molar-refractivity contribution in [2.75, 3.05) is 0 Å². The van der Waals surface area contributed by atoms with E-state index in [4.69, 9.17) is 0 Å². The quantitative estimate of drug-likeness (QED) is 0.494. The average Bonchev–Trinajstić information content (AvgIpc) is 0. The summed E-state index contributed by atoms with van der Waals surface area (Å²) in [4.78, 5) is 0. The van der Waals surface area contributed by atoms with Gasteiger partial charge in [-0.05, 0) is 0 Å². The second-order valence-corrected chi connectivity index (χ2v) is 0. The second kappa shape index (κ2) is 20.2. The standard InChI is InChI=1S/Mo.2S.V/q+4;2*-2;. The molecular formula is MoS2V. The Morgan fingerprint density at radius 3 is 0.750 bits per heavy atom. The molecule has 0 aliphatic rings. The smallest absolute Gasteiger partial charge is 2.00 e. The van der Waals surface area contributed by atoms with Crippen molar-refractivity contribution in [1.29, 1.82) is 0 Å². The molecule has 0 atom stereocenters. The first-order chi connectivity index (χ1) is 0. The van der Waals surface area contributed by atoms with Crippen LogP contribution >= 0.6 is 0 Å². The molecule has 0 aliphatic heterocycles. The zero-order valence-electron chi connectivity index (χ0n) is 1.67. The van der Waals surface area contributed by atoms with Crippen LogP contribution in [-0.4, -0.2) is 0 Å². The van der Waals surface area contributed by atoms with Crippen LogP contribution in [0.25, 0.3) is 0 Å². The Hall–Kier alpha value is 1.97. The van der Waals surface area contributed by atoms with Gasteiger partial charge in [0.05, 0.1) is 0 Å². The van der Waals surface area contributed by atoms with Crippen LogP contribution in [0.4, 0.5) is 0 Å². The third-order valence-electron chi connectivity index (χ3n) is 0. The first kappa shape index (κ1) is 38.0. The molecule has 0 fully saturated rings. The van der Waals surface area contributed by atoms with Crippen molar-refractivity contribution < 1.29 is 39.6 Å². The predicted octanol–water partition coefficient (Wildman–Crippen LogP) is -0.00980. The molecule has 0 saturated carbocycles. The van der Waals surface area contributed by atoms with Crippen molar-refractivity contribution in [2.24, 2.45) is 0 Å². The van der Waals surface area contributed by atoms with Crippen LogP contribution in [0.1, 0.15) is 0 Å². The number of rotatable bonds is 0. The van der Waals surface area contributed by atoms with Crippen LogP contribution in [0, 0.1) is 0 Å². The fraction of sp³-hybridized carbons (Fsp3) is 0. The van der Waals surface area contributed by atoms with Gasteiger partial charge in [-0.25, -0.2) is 0 Å². The van der Waals surface area contributed by atoms with Crippen molar-refractivity contribution in [3.63, 3.8) is 0 Å². The van der Waals surface area contributed by atoms with Gasteiger partial charge in [0.1, 0.15) is 0 Å². The van der Waals surface area contributed by atoms with E-state index in [9.17, 15) is 0 Å². The molecule has 4 heavy (non-hydrogen) atoms. The van der Waals surface area contributed by atoms with Crippen LogP contribution in [-0.2, 0) is 66.6 Å². The molecule has 0 rings (SSSR count). The fourth-order valence-electron chi connectivity index (χ4n) is 0. The van der Waals surface area contributed by atoms with Crippen LogP contribution in [0.3, 0.4) is 0 Å². The molecule has 0 aromatic heterocycles. The molecule has 0 unspecified atom stereocenters. The van der Waals surface area contributed by atoms with E-state index in [0.29, 0.717) is 0 Å². The van der Waals surface area contributed by atoms with Gasteiger partial charge in [0, 0.05) is 18.6 Å². The molecule has 0 heterocycles. The summed E-state index contributed by atoms with van der Waals surface area (Å²) in [6.45, 7) is 0. The molecule has 23 valence electrons. The topological polar surface area (TPSA) is 0 Å². The minimum Gasteiger partial charge on any atom is -2.00 e. The Balaban J connectivity index is 0. The average molecular weight is 211 g/mol. The summed E-state index contributed by atoms with van der Waals surface area (Å²) in [5, 5.41) is 0. The van der Waals surface area contributed by atoms with E-state index in [1.54, 1.807) is 0 Å². The molecule has 0 N–H and O–H groups in total. The van der Waals surface area contributed by atoms with Gasteiger partial charge in [0.2, 0.25) is 0 Å². The summed E-state index contributed by atoms with van der Waals surface area (Å²) in [7, 11) is 0. The van der Waals surface area contributed by atoms with E-state index in [1.165, 1.54) is 0 Å². The van der Waals surface area contributed by atoms with Gasteiger partial charge >= 0.3 is 21.1 Å². The molecule has 0 bridgehead atoms. The van der Waals surface area contributed by atoms with E-state index in [2.05, 4.69) is 0 Å². The summed E-state index contributed by atoms with van der Waals surface area (Å²) in [6.07, 6.45) is 0. The van der Waals surface area contributed by atoms with E-state index < -0.39 is 0 Å². The van der Waals surface area contributed by atoms with Gasteiger partial charge in [-0.2, -0.15) is 0 Å². The van der Waals surface area contributed by atoms with Gasteiger partial charge in [-0.15, -0.1) is 0 Å². The SMILES string of the molecule is [Mo+4].[S-2].[S-2].[V]. The summed E-state index contributed by atoms with van der Waals surface area (Å²) in [5.41, 5.74) is 0. The van der Waals surface area contributed by atoms with Crippen LogP contribution in [0.5, 0.6) is 0 Å². The van der Waals surface area contributed by atoms with E-state index in [1.807, 2.05) is 0 Å². The summed E-state index contributed by atoms with van der Waals surface area (Å²) < 4.78 is 0. The predicted molar refractivity (Wildman–Crippen MR) is 14.7 cm³/mol. The number of hydrogen-bond acceptors (Lipinski definition) is 0. The Morgan fingerprint density at radius 1 is 0.750 bits per heavy atom. The van der Waals surface area contributed by atoms with Crippen molar-refractivity contribution >= 4 is 27.0 Å². The summed E-state index contributed by atoms with van der Waals surface area (Å²) >= 11 is 0. The zero-order valence-corrected chi connectivity index (χ0v) is 6.71. The van der Waals surface area contributed by atoms with Gasteiger partial charge < -0.3 is 27.0 Å². The maximum atomic E-state index is 0. The van der Waals surface area contributed by atoms with Crippen molar-refractivity contribution in [3.8, 4) is 0 Å². The van der Waals surface area contributed by atoms with Gasteiger partial charge in [-0.3, -0.25) is 0 Å². The van der Waals surface area contributed by atoms with Crippen molar-refractivity contribution in [2.45, 2.75) is 0 Å². The van der Waals surface area contributed by atoms with Gasteiger partial charge in [-0.1, -0.05) is 0 Å². The first-order valence-corrected chi connectivity index (χ1v) is 0. The summed E-state index contributed by atoms with van der Waals surface area (Å²) in [6, 6.07) is 0. The number of hydrogen-bond donors (Lipinski definition) is 0. The monoisotopic (exact) mass is 213 g/mol. The first-order valence-electron chi connectivity index (χ1n) is 0. The maximum absolute atomic E-state index is 0. The third-order valence-corrected chi connectivity index (χ3v) is 0. The molecule has 0 spiro atoms. The van der Waals surface area contributed by atoms with E-state index in [-0.39, 0.29) is 66.6 Å². The minimum atomic E-state index is 0. The van der Waals surface area contributed by atoms with E-state index in [0.717, 1.165) is 0 Å². The van der Waals surface area contributed by atoms with Gasteiger partial charge in [0.25, 0.3) is 0 Å². The molecule has 0 amide bonds. The molecule has 4 heteroatoms. The second-order valence-electron chi connectivity index (χ2n) is 0. The van der Waals surface area contributed by atoms with Crippen molar-refractivity contribution in [1.82, 2.24) is 0 Å². The fourth-order valence-corrected chi connectivity index (χ4v) is 0.